The highest BCUT2D eigenvalue weighted by Gasteiger charge is 2.14. The maximum Gasteiger partial charge on any atom is 0.248 e. The Kier molecular flexibility index (Phi) is 2.80. The molecular formula is C14H17N3O. The van der Waals surface area contributed by atoms with Crippen LogP contribution in [0.2, 0.25) is 0 Å². The number of carbonyl (C=O) groups is 1. The number of aromatic nitrogens is 1. The van der Waals surface area contributed by atoms with E-state index in [9.17, 15) is 4.79 Å². The number of aromatic amines is 1. The fourth-order valence-electron chi connectivity index (χ4n) is 2.42. The van der Waals surface area contributed by atoms with Gasteiger partial charge in [0.25, 0.3) is 0 Å². The number of nitrogens with one attached hydrogen (secondary N) is 1. The van der Waals surface area contributed by atoms with Crippen molar-refractivity contribution in [1.82, 2.24) is 9.88 Å². The highest BCUT2D eigenvalue weighted by Crippen LogP contribution is 2.21. The lowest BCUT2D eigenvalue weighted by Crippen LogP contribution is -2.38. The molecule has 1 aromatic heterocycles. The van der Waals surface area contributed by atoms with Crippen molar-refractivity contribution in [2.75, 3.05) is 19.6 Å². The third kappa shape index (κ3) is 1.99. The number of rotatable bonds is 4. The summed E-state index contributed by atoms with van der Waals surface area (Å²) in [4.78, 5) is 16.9. The molecule has 0 radical (unpaired) electrons. The van der Waals surface area contributed by atoms with E-state index in [0.717, 1.165) is 23.9 Å². The molecule has 4 heteroatoms. The van der Waals surface area contributed by atoms with Gasteiger partial charge in [0.1, 0.15) is 0 Å². The summed E-state index contributed by atoms with van der Waals surface area (Å²) in [5.41, 5.74) is 8.23. The summed E-state index contributed by atoms with van der Waals surface area (Å²) in [6, 6.07) is 5.57. The second kappa shape index (κ2) is 4.46. The third-order valence-electron chi connectivity index (χ3n) is 3.70. The quantitative estimate of drug-likeness (QED) is 0.855. The smallest absolute Gasteiger partial charge is 0.248 e. The predicted molar refractivity (Wildman–Crippen MR) is 71.6 cm³/mol. The monoisotopic (exact) mass is 243 g/mol. The maximum atomic E-state index is 11.2. The Labute approximate surface area is 106 Å². The third-order valence-corrected chi connectivity index (χ3v) is 3.70. The van der Waals surface area contributed by atoms with Gasteiger partial charge in [0.05, 0.1) is 0 Å². The molecule has 1 saturated heterocycles. The van der Waals surface area contributed by atoms with Crippen LogP contribution < -0.4 is 5.73 Å². The number of primary amides is 1. The van der Waals surface area contributed by atoms with Gasteiger partial charge in [0.2, 0.25) is 5.91 Å². The molecule has 3 rings (SSSR count). The Morgan fingerprint density at radius 1 is 1.39 bits per heavy atom. The molecule has 0 bridgehead atoms. The lowest BCUT2D eigenvalue weighted by molar-refractivity contribution is 0.100. The first-order valence-electron chi connectivity index (χ1n) is 6.36. The summed E-state index contributed by atoms with van der Waals surface area (Å²) in [6.07, 6.45) is 4.37. The Balaban J connectivity index is 1.86. The highest BCUT2D eigenvalue weighted by atomic mass is 16.1. The summed E-state index contributed by atoms with van der Waals surface area (Å²) >= 11 is 0. The van der Waals surface area contributed by atoms with Crippen LogP contribution in [0.25, 0.3) is 10.9 Å². The fourth-order valence-corrected chi connectivity index (χ4v) is 2.42. The van der Waals surface area contributed by atoms with E-state index in [1.165, 1.54) is 25.1 Å². The van der Waals surface area contributed by atoms with Crippen molar-refractivity contribution >= 4 is 16.8 Å². The van der Waals surface area contributed by atoms with Gasteiger partial charge >= 0.3 is 0 Å². The second-order valence-corrected chi connectivity index (χ2v) is 4.88. The average Bonchev–Trinajstić information content (AvgIpc) is 2.69. The SMILES string of the molecule is NC(=O)c1ccc2[nH]cc(CCN3CCC3)c2c1. The van der Waals surface area contributed by atoms with Crippen molar-refractivity contribution in [3.8, 4) is 0 Å². The van der Waals surface area contributed by atoms with Crippen LogP contribution >= 0.6 is 0 Å². The first-order valence-corrected chi connectivity index (χ1v) is 6.36. The lowest BCUT2D eigenvalue weighted by Gasteiger charge is -2.30. The molecule has 0 saturated carbocycles. The molecule has 18 heavy (non-hydrogen) atoms. The molecule has 0 aliphatic carbocycles. The van der Waals surface area contributed by atoms with Gasteiger partial charge in [-0.15, -0.1) is 0 Å². The molecule has 0 spiro atoms. The highest BCUT2D eigenvalue weighted by molar-refractivity contribution is 5.97. The van der Waals surface area contributed by atoms with Gasteiger partial charge in [-0.05, 0) is 49.7 Å². The number of amides is 1. The molecule has 1 aliphatic rings. The fraction of sp³-hybridized carbons (Fsp3) is 0.357. The van der Waals surface area contributed by atoms with Gasteiger partial charge in [-0.25, -0.2) is 0 Å². The van der Waals surface area contributed by atoms with Crippen LogP contribution in [0.3, 0.4) is 0 Å². The average molecular weight is 243 g/mol. The Morgan fingerprint density at radius 2 is 2.22 bits per heavy atom. The van der Waals surface area contributed by atoms with Gasteiger partial charge in [0, 0.05) is 29.2 Å². The van der Waals surface area contributed by atoms with Crippen LogP contribution in [0.1, 0.15) is 22.3 Å². The molecule has 0 unspecified atom stereocenters. The van der Waals surface area contributed by atoms with Gasteiger partial charge in [0.15, 0.2) is 0 Å². The lowest BCUT2D eigenvalue weighted by atomic mass is 10.1. The van der Waals surface area contributed by atoms with Crippen LogP contribution in [0.5, 0.6) is 0 Å². The Morgan fingerprint density at radius 3 is 2.89 bits per heavy atom. The van der Waals surface area contributed by atoms with E-state index in [-0.39, 0.29) is 5.91 Å². The minimum absolute atomic E-state index is 0.369. The summed E-state index contributed by atoms with van der Waals surface area (Å²) in [5.74, 6) is -0.369. The van der Waals surface area contributed by atoms with E-state index in [4.69, 9.17) is 5.73 Å². The summed E-state index contributed by atoms with van der Waals surface area (Å²) in [6.45, 7) is 3.53. The van der Waals surface area contributed by atoms with Crippen LogP contribution in [-0.2, 0) is 6.42 Å². The molecule has 1 aliphatic heterocycles. The molecule has 2 heterocycles. The molecule has 0 atom stereocenters. The van der Waals surface area contributed by atoms with Crippen molar-refractivity contribution in [3.63, 3.8) is 0 Å². The topological polar surface area (TPSA) is 62.1 Å². The second-order valence-electron chi connectivity index (χ2n) is 4.88. The number of nitrogens with two attached hydrogens (primary N) is 1. The van der Waals surface area contributed by atoms with E-state index in [0.29, 0.717) is 5.56 Å². The van der Waals surface area contributed by atoms with E-state index < -0.39 is 0 Å². The van der Waals surface area contributed by atoms with Crippen molar-refractivity contribution in [3.05, 3.63) is 35.5 Å². The van der Waals surface area contributed by atoms with Gasteiger partial charge in [-0.3, -0.25) is 4.79 Å². The van der Waals surface area contributed by atoms with Crippen LogP contribution in [0.15, 0.2) is 24.4 Å². The largest absolute Gasteiger partial charge is 0.366 e. The minimum atomic E-state index is -0.369. The minimum Gasteiger partial charge on any atom is -0.366 e. The van der Waals surface area contributed by atoms with E-state index in [1.807, 2.05) is 18.3 Å². The molecule has 1 aromatic carbocycles. The zero-order valence-corrected chi connectivity index (χ0v) is 10.3. The number of nitrogens with zero attached hydrogens (tertiary/aromatic N) is 1. The van der Waals surface area contributed by atoms with E-state index in [1.54, 1.807) is 6.07 Å². The Bertz CT molecular complexity index is 584. The zero-order valence-electron chi connectivity index (χ0n) is 10.3. The first kappa shape index (κ1) is 11.3. The summed E-state index contributed by atoms with van der Waals surface area (Å²) < 4.78 is 0. The Hall–Kier alpha value is -1.81. The van der Waals surface area contributed by atoms with Gasteiger partial charge in [-0.2, -0.15) is 0 Å². The van der Waals surface area contributed by atoms with Crippen LogP contribution in [0, 0.1) is 0 Å². The molecule has 1 fully saturated rings. The molecule has 94 valence electrons. The predicted octanol–water partition coefficient (Wildman–Crippen LogP) is 1.52. The van der Waals surface area contributed by atoms with Crippen molar-refractivity contribution in [1.29, 1.82) is 0 Å². The van der Waals surface area contributed by atoms with Gasteiger partial charge < -0.3 is 15.6 Å². The number of H-pyrrole nitrogens is 1. The zero-order chi connectivity index (χ0) is 12.5. The normalized spacial score (nSPS) is 15.8. The molecule has 2 aromatic rings. The number of hydrogen-bond donors (Lipinski definition) is 2. The first-order chi connectivity index (χ1) is 8.74. The molecule has 1 amide bonds. The number of fused-ring (bicyclic) bond motifs is 1. The van der Waals surface area contributed by atoms with Crippen LogP contribution in [0.4, 0.5) is 0 Å². The standard InChI is InChI=1S/C14H17N3O/c15-14(18)10-2-3-13-12(8-10)11(9-16-13)4-7-17-5-1-6-17/h2-3,8-9,16H,1,4-7H2,(H2,15,18). The number of likely N-dealkylation sites (tertiary alicyclic amines) is 1. The van der Waals surface area contributed by atoms with E-state index in [2.05, 4.69) is 9.88 Å². The summed E-state index contributed by atoms with van der Waals surface area (Å²) in [7, 11) is 0. The number of benzene rings is 1. The maximum absolute atomic E-state index is 11.2. The molecule has 3 N–H and O–H groups in total. The number of hydrogen-bond acceptors (Lipinski definition) is 2. The molecular weight excluding hydrogens is 226 g/mol. The van der Waals surface area contributed by atoms with E-state index >= 15 is 0 Å². The van der Waals surface area contributed by atoms with Crippen molar-refractivity contribution in [2.45, 2.75) is 12.8 Å². The number of carbonyl (C=O) groups excluding carboxylic acids is 1. The van der Waals surface area contributed by atoms with Crippen molar-refractivity contribution < 1.29 is 4.79 Å². The van der Waals surface area contributed by atoms with Crippen LogP contribution in [-0.4, -0.2) is 35.4 Å². The van der Waals surface area contributed by atoms with Crippen molar-refractivity contribution in [2.24, 2.45) is 5.73 Å². The summed E-state index contributed by atoms with van der Waals surface area (Å²) in [5, 5.41) is 1.12. The molecule has 4 nitrogen and oxygen atoms in total. The van der Waals surface area contributed by atoms with Gasteiger partial charge in [-0.1, -0.05) is 0 Å².